The Morgan fingerprint density at radius 1 is 1.38 bits per heavy atom. The van der Waals surface area contributed by atoms with E-state index < -0.39 is 6.10 Å². The summed E-state index contributed by atoms with van der Waals surface area (Å²) in [6.45, 7) is 5.57. The molecule has 0 saturated heterocycles. The molecule has 0 spiro atoms. The van der Waals surface area contributed by atoms with Gasteiger partial charge in [-0.05, 0) is 24.8 Å². The minimum atomic E-state index is -0.663. The predicted molar refractivity (Wildman–Crippen MR) is 82.7 cm³/mol. The first-order chi connectivity index (χ1) is 10.1. The second-order valence-electron chi connectivity index (χ2n) is 4.61. The Labute approximate surface area is 127 Å². The van der Waals surface area contributed by atoms with E-state index in [4.69, 9.17) is 0 Å². The Morgan fingerprint density at radius 3 is 2.67 bits per heavy atom. The molecule has 1 aliphatic heterocycles. The molecule has 1 N–H and O–H groups in total. The van der Waals surface area contributed by atoms with Gasteiger partial charge in [-0.15, -0.1) is 11.3 Å². The Bertz CT molecular complexity index is 613. The Hall–Kier alpha value is -1.98. The standard InChI is InChI=1S/C16H17NO3S/c1-3-6-12-11(4-2)15(19)17(16(12)20)9-8-13(18)14-7-5-10-21-14/h3-7,10,13,18H,2,8-9H2,1H3/b6-3-. The predicted octanol–water partition coefficient (Wildman–Crippen LogP) is 2.60. The third kappa shape index (κ3) is 3.04. The number of thiophene rings is 1. The minimum absolute atomic E-state index is 0.190. The smallest absolute Gasteiger partial charge is 0.261 e. The molecule has 0 bridgehead atoms. The lowest BCUT2D eigenvalue weighted by Gasteiger charge is -2.16. The number of hydrogen-bond acceptors (Lipinski definition) is 4. The van der Waals surface area contributed by atoms with Crippen LogP contribution in [0.1, 0.15) is 24.3 Å². The summed E-state index contributed by atoms with van der Waals surface area (Å²) in [6.07, 6.45) is 4.40. The maximum atomic E-state index is 12.2. The summed E-state index contributed by atoms with van der Waals surface area (Å²) < 4.78 is 0. The van der Waals surface area contributed by atoms with Gasteiger partial charge >= 0.3 is 0 Å². The fourth-order valence-corrected chi connectivity index (χ4v) is 2.96. The normalized spacial score (nSPS) is 17.1. The fraction of sp³-hybridized carbons (Fsp3) is 0.250. The maximum Gasteiger partial charge on any atom is 0.261 e. The van der Waals surface area contributed by atoms with Gasteiger partial charge in [-0.25, -0.2) is 0 Å². The second-order valence-corrected chi connectivity index (χ2v) is 5.59. The minimum Gasteiger partial charge on any atom is -0.388 e. The third-order valence-electron chi connectivity index (χ3n) is 3.28. The van der Waals surface area contributed by atoms with Crippen molar-refractivity contribution in [2.75, 3.05) is 6.54 Å². The molecular formula is C16H17NO3S. The first-order valence-electron chi connectivity index (χ1n) is 6.67. The molecule has 0 radical (unpaired) electrons. The molecule has 1 unspecified atom stereocenters. The van der Waals surface area contributed by atoms with Crippen LogP contribution in [-0.4, -0.2) is 28.4 Å². The monoisotopic (exact) mass is 303 g/mol. The van der Waals surface area contributed by atoms with Crippen molar-refractivity contribution in [1.29, 1.82) is 0 Å². The van der Waals surface area contributed by atoms with Crippen LogP contribution in [0.25, 0.3) is 0 Å². The number of imide groups is 1. The van der Waals surface area contributed by atoms with E-state index in [1.54, 1.807) is 19.1 Å². The van der Waals surface area contributed by atoms with Crippen molar-refractivity contribution in [2.24, 2.45) is 0 Å². The van der Waals surface area contributed by atoms with Crippen LogP contribution in [0.4, 0.5) is 0 Å². The summed E-state index contributed by atoms with van der Waals surface area (Å²) in [5.74, 6) is -0.673. The molecule has 1 aromatic rings. The van der Waals surface area contributed by atoms with Crippen LogP contribution >= 0.6 is 11.3 Å². The summed E-state index contributed by atoms with van der Waals surface area (Å²) in [7, 11) is 0. The summed E-state index contributed by atoms with van der Waals surface area (Å²) >= 11 is 1.45. The van der Waals surface area contributed by atoms with Gasteiger partial charge in [-0.1, -0.05) is 30.9 Å². The molecule has 1 atom stereocenters. The molecule has 1 aliphatic rings. The van der Waals surface area contributed by atoms with Crippen molar-refractivity contribution in [1.82, 2.24) is 4.90 Å². The van der Waals surface area contributed by atoms with Crippen molar-refractivity contribution in [2.45, 2.75) is 19.4 Å². The van der Waals surface area contributed by atoms with E-state index in [1.807, 2.05) is 17.5 Å². The zero-order valence-corrected chi connectivity index (χ0v) is 12.6. The van der Waals surface area contributed by atoms with Gasteiger partial charge in [0.15, 0.2) is 0 Å². The van der Waals surface area contributed by atoms with Crippen molar-refractivity contribution in [3.05, 3.63) is 58.3 Å². The molecule has 0 aromatic carbocycles. The molecule has 0 saturated carbocycles. The highest BCUT2D eigenvalue weighted by Crippen LogP contribution is 2.26. The van der Waals surface area contributed by atoms with E-state index in [2.05, 4.69) is 6.58 Å². The van der Waals surface area contributed by atoms with E-state index in [0.717, 1.165) is 4.88 Å². The van der Waals surface area contributed by atoms with Crippen LogP contribution in [0.3, 0.4) is 0 Å². The molecule has 5 heteroatoms. The second kappa shape index (κ2) is 6.65. The van der Waals surface area contributed by atoms with Crippen LogP contribution in [0.15, 0.2) is 53.5 Å². The van der Waals surface area contributed by atoms with E-state index in [1.165, 1.54) is 22.3 Å². The molecule has 2 rings (SSSR count). The van der Waals surface area contributed by atoms with Crippen molar-refractivity contribution < 1.29 is 14.7 Å². The molecule has 110 valence electrons. The lowest BCUT2D eigenvalue weighted by atomic mass is 10.1. The lowest BCUT2D eigenvalue weighted by molar-refractivity contribution is -0.137. The van der Waals surface area contributed by atoms with E-state index >= 15 is 0 Å². The van der Waals surface area contributed by atoms with Crippen LogP contribution in [-0.2, 0) is 9.59 Å². The Morgan fingerprint density at radius 2 is 2.10 bits per heavy atom. The molecule has 2 amide bonds. The summed E-state index contributed by atoms with van der Waals surface area (Å²) in [5.41, 5.74) is 0.687. The number of carbonyl (C=O) groups is 2. The molecule has 0 aliphatic carbocycles. The number of allylic oxidation sites excluding steroid dienone is 1. The SMILES string of the molecule is C=CC1=C(/C=C\C)C(=O)N(CCC(O)c2cccs2)C1=O. The molecule has 0 fully saturated rings. The van der Waals surface area contributed by atoms with Gasteiger partial charge in [0.2, 0.25) is 0 Å². The molecule has 2 heterocycles. The number of nitrogens with zero attached hydrogens (tertiary/aromatic N) is 1. The van der Waals surface area contributed by atoms with Crippen LogP contribution in [0, 0.1) is 0 Å². The number of carbonyl (C=O) groups excluding carboxylic acids is 2. The largest absolute Gasteiger partial charge is 0.388 e. The maximum absolute atomic E-state index is 12.2. The topological polar surface area (TPSA) is 57.6 Å². The van der Waals surface area contributed by atoms with Gasteiger partial charge in [0.05, 0.1) is 17.3 Å². The van der Waals surface area contributed by atoms with Crippen molar-refractivity contribution in [3.8, 4) is 0 Å². The first kappa shape index (κ1) is 15.4. The average Bonchev–Trinajstić information content (AvgIpc) is 3.07. The highest BCUT2D eigenvalue weighted by atomic mass is 32.1. The molecule has 1 aromatic heterocycles. The first-order valence-corrected chi connectivity index (χ1v) is 7.55. The third-order valence-corrected chi connectivity index (χ3v) is 4.25. The quantitative estimate of drug-likeness (QED) is 0.822. The Balaban J connectivity index is 2.07. The van der Waals surface area contributed by atoms with E-state index in [0.29, 0.717) is 17.6 Å². The lowest BCUT2D eigenvalue weighted by Crippen LogP contribution is -2.33. The number of rotatable bonds is 6. The summed E-state index contributed by atoms with van der Waals surface area (Å²) in [5, 5.41) is 11.9. The average molecular weight is 303 g/mol. The van der Waals surface area contributed by atoms with E-state index in [9.17, 15) is 14.7 Å². The van der Waals surface area contributed by atoms with Gasteiger partial charge in [-0.3, -0.25) is 14.5 Å². The highest BCUT2D eigenvalue weighted by Gasteiger charge is 2.35. The van der Waals surface area contributed by atoms with Crippen LogP contribution in [0.5, 0.6) is 0 Å². The van der Waals surface area contributed by atoms with Gasteiger partial charge in [0, 0.05) is 11.4 Å². The van der Waals surface area contributed by atoms with Crippen molar-refractivity contribution >= 4 is 23.2 Å². The molecular weight excluding hydrogens is 286 g/mol. The number of aliphatic hydroxyl groups is 1. The van der Waals surface area contributed by atoms with Gasteiger partial charge < -0.3 is 5.11 Å². The van der Waals surface area contributed by atoms with Crippen LogP contribution in [0.2, 0.25) is 0 Å². The molecule has 4 nitrogen and oxygen atoms in total. The van der Waals surface area contributed by atoms with E-state index in [-0.39, 0.29) is 18.4 Å². The number of hydrogen-bond donors (Lipinski definition) is 1. The summed E-state index contributed by atoms with van der Waals surface area (Å²) in [4.78, 5) is 26.4. The van der Waals surface area contributed by atoms with Crippen molar-refractivity contribution in [3.63, 3.8) is 0 Å². The Kier molecular flexibility index (Phi) is 4.88. The zero-order valence-electron chi connectivity index (χ0n) is 11.8. The highest BCUT2D eigenvalue weighted by molar-refractivity contribution is 7.10. The molecule has 21 heavy (non-hydrogen) atoms. The van der Waals surface area contributed by atoms with Gasteiger partial charge in [-0.2, -0.15) is 0 Å². The van der Waals surface area contributed by atoms with Crippen LogP contribution < -0.4 is 0 Å². The number of aliphatic hydroxyl groups excluding tert-OH is 1. The van der Waals surface area contributed by atoms with Gasteiger partial charge in [0.1, 0.15) is 0 Å². The number of amides is 2. The zero-order chi connectivity index (χ0) is 15.4. The summed E-state index contributed by atoms with van der Waals surface area (Å²) in [6, 6.07) is 3.69. The van der Waals surface area contributed by atoms with Gasteiger partial charge in [0.25, 0.3) is 11.8 Å². The fourth-order valence-electron chi connectivity index (χ4n) is 2.22.